The molecular weight excluding hydrogens is 138 g/mol. The second-order valence-corrected chi connectivity index (χ2v) is 3.18. The van der Waals surface area contributed by atoms with Crippen LogP contribution in [0.4, 0.5) is 0 Å². The van der Waals surface area contributed by atoms with E-state index < -0.39 is 0 Å². The molecule has 0 bridgehead atoms. The van der Waals surface area contributed by atoms with Crippen molar-refractivity contribution in [1.82, 2.24) is 0 Å². The second kappa shape index (κ2) is 3.06. The van der Waals surface area contributed by atoms with Gasteiger partial charge in [-0.2, -0.15) is 0 Å². The molecular formula is C9H13NO. The Labute approximate surface area is 67.2 Å². The van der Waals surface area contributed by atoms with Gasteiger partial charge in [-0.05, 0) is 19.8 Å². The van der Waals surface area contributed by atoms with Gasteiger partial charge < -0.3 is 5.73 Å². The predicted octanol–water partition coefficient (Wildman–Crippen LogP) is 0.850. The van der Waals surface area contributed by atoms with Crippen molar-refractivity contribution in [2.75, 3.05) is 0 Å². The van der Waals surface area contributed by atoms with E-state index in [1.165, 1.54) is 0 Å². The summed E-state index contributed by atoms with van der Waals surface area (Å²) in [5, 5.41) is 0. The van der Waals surface area contributed by atoms with Gasteiger partial charge in [0.2, 0.25) is 0 Å². The molecule has 0 amide bonds. The van der Waals surface area contributed by atoms with Gasteiger partial charge in [0.05, 0.1) is 6.42 Å². The van der Waals surface area contributed by atoms with Gasteiger partial charge in [-0.25, -0.2) is 0 Å². The SMILES string of the molecule is CC#CCC(=O)CC1(N)CC1. The standard InChI is InChI=1S/C9H13NO/c1-2-3-4-8(11)7-9(10)5-6-9/h4-7,10H2,1H3. The molecule has 0 spiro atoms. The molecule has 2 N–H and O–H groups in total. The molecule has 0 aromatic carbocycles. The highest BCUT2D eigenvalue weighted by Gasteiger charge is 2.39. The van der Waals surface area contributed by atoms with Crippen LogP contribution in [0, 0.1) is 11.8 Å². The molecule has 0 heterocycles. The molecule has 11 heavy (non-hydrogen) atoms. The molecule has 0 aromatic rings. The minimum atomic E-state index is -0.146. The van der Waals surface area contributed by atoms with E-state index in [-0.39, 0.29) is 11.3 Å². The smallest absolute Gasteiger partial charge is 0.146 e. The molecule has 0 saturated heterocycles. The lowest BCUT2D eigenvalue weighted by atomic mass is 10.1. The van der Waals surface area contributed by atoms with Gasteiger partial charge >= 0.3 is 0 Å². The van der Waals surface area contributed by atoms with E-state index in [4.69, 9.17) is 5.73 Å². The Balaban J connectivity index is 2.24. The lowest BCUT2D eigenvalue weighted by molar-refractivity contribution is -0.118. The Morgan fingerprint density at radius 3 is 2.73 bits per heavy atom. The summed E-state index contributed by atoms with van der Waals surface area (Å²) < 4.78 is 0. The summed E-state index contributed by atoms with van der Waals surface area (Å²) in [6.07, 6.45) is 2.88. The van der Waals surface area contributed by atoms with Gasteiger partial charge in [-0.15, -0.1) is 5.92 Å². The number of nitrogens with two attached hydrogens (primary N) is 1. The third kappa shape index (κ3) is 2.73. The molecule has 0 atom stereocenters. The minimum Gasteiger partial charge on any atom is -0.325 e. The molecule has 1 aliphatic carbocycles. The van der Waals surface area contributed by atoms with Crippen LogP contribution in [0.2, 0.25) is 0 Å². The number of carbonyl (C=O) groups excluding carboxylic acids is 1. The molecule has 0 aromatic heterocycles. The average molecular weight is 151 g/mol. The summed E-state index contributed by atoms with van der Waals surface area (Å²) in [5.41, 5.74) is 5.60. The van der Waals surface area contributed by atoms with E-state index in [0.29, 0.717) is 12.8 Å². The molecule has 1 aliphatic rings. The normalized spacial score (nSPS) is 18.4. The molecule has 1 saturated carbocycles. The maximum Gasteiger partial charge on any atom is 0.146 e. The Hall–Kier alpha value is -0.810. The second-order valence-electron chi connectivity index (χ2n) is 3.18. The van der Waals surface area contributed by atoms with E-state index >= 15 is 0 Å². The van der Waals surface area contributed by atoms with Crippen LogP contribution in [0.25, 0.3) is 0 Å². The van der Waals surface area contributed by atoms with Crippen molar-refractivity contribution in [1.29, 1.82) is 0 Å². The average Bonchev–Trinajstić information content (AvgIpc) is 2.63. The first kappa shape index (κ1) is 8.29. The maximum atomic E-state index is 11.1. The third-order valence-electron chi connectivity index (χ3n) is 1.90. The summed E-state index contributed by atoms with van der Waals surface area (Å²) in [4.78, 5) is 11.1. The van der Waals surface area contributed by atoms with Crippen LogP contribution in [-0.2, 0) is 4.79 Å². The van der Waals surface area contributed by atoms with Gasteiger partial charge in [0.1, 0.15) is 5.78 Å². The fraction of sp³-hybridized carbons (Fsp3) is 0.667. The van der Waals surface area contributed by atoms with Crippen molar-refractivity contribution in [2.45, 2.75) is 38.1 Å². The van der Waals surface area contributed by atoms with Crippen LogP contribution in [0.3, 0.4) is 0 Å². The molecule has 0 aliphatic heterocycles. The van der Waals surface area contributed by atoms with Crippen molar-refractivity contribution in [3.05, 3.63) is 0 Å². The first-order valence-electron chi connectivity index (χ1n) is 3.86. The van der Waals surface area contributed by atoms with E-state index in [0.717, 1.165) is 12.8 Å². The van der Waals surface area contributed by atoms with Gasteiger partial charge in [0.25, 0.3) is 0 Å². The van der Waals surface area contributed by atoms with Crippen molar-refractivity contribution in [3.8, 4) is 11.8 Å². The molecule has 0 unspecified atom stereocenters. The molecule has 60 valence electrons. The minimum absolute atomic E-state index is 0.146. The summed E-state index contributed by atoms with van der Waals surface area (Å²) in [5.74, 6) is 5.62. The summed E-state index contributed by atoms with van der Waals surface area (Å²) in [6, 6.07) is 0. The van der Waals surface area contributed by atoms with Crippen molar-refractivity contribution >= 4 is 5.78 Å². The fourth-order valence-corrected chi connectivity index (χ4v) is 0.979. The molecule has 1 rings (SSSR count). The number of hydrogen-bond donors (Lipinski definition) is 1. The molecule has 2 nitrogen and oxygen atoms in total. The van der Waals surface area contributed by atoms with Crippen molar-refractivity contribution in [3.63, 3.8) is 0 Å². The van der Waals surface area contributed by atoms with Crippen LogP contribution in [0.5, 0.6) is 0 Å². The molecule has 1 fully saturated rings. The first-order chi connectivity index (χ1) is 5.16. The zero-order chi connectivity index (χ0) is 8.32. The molecule has 2 heteroatoms. The van der Waals surface area contributed by atoms with Crippen LogP contribution in [0.1, 0.15) is 32.6 Å². The third-order valence-corrected chi connectivity index (χ3v) is 1.90. The van der Waals surface area contributed by atoms with Crippen molar-refractivity contribution in [2.24, 2.45) is 5.73 Å². The van der Waals surface area contributed by atoms with Gasteiger partial charge in [0.15, 0.2) is 0 Å². The quantitative estimate of drug-likeness (QED) is 0.608. The lowest BCUT2D eigenvalue weighted by Gasteiger charge is -2.03. The van der Waals surface area contributed by atoms with Gasteiger partial charge in [-0.1, -0.05) is 5.92 Å². The number of hydrogen-bond acceptors (Lipinski definition) is 2. The Morgan fingerprint density at radius 2 is 2.27 bits per heavy atom. The monoisotopic (exact) mass is 151 g/mol. The van der Waals surface area contributed by atoms with Crippen LogP contribution in [-0.4, -0.2) is 11.3 Å². The Morgan fingerprint density at radius 1 is 1.64 bits per heavy atom. The highest BCUT2D eigenvalue weighted by molar-refractivity contribution is 5.82. The lowest BCUT2D eigenvalue weighted by Crippen LogP contribution is -2.25. The Kier molecular flexibility index (Phi) is 2.31. The highest BCUT2D eigenvalue weighted by atomic mass is 16.1. The van der Waals surface area contributed by atoms with Gasteiger partial charge in [-0.3, -0.25) is 4.79 Å². The fourth-order valence-electron chi connectivity index (χ4n) is 0.979. The summed E-state index contributed by atoms with van der Waals surface area (Å²) in [6.45, 7) is 1.74. The summed E-state index contributed by atoms with van der Waals surface area (Å²) >= 11 is 0. The highest BCUT2D eigenvalue weighted by Crippen LogP contribution is 2.35. The zero-order valence-corrected chi connectivity index (χ0v) is 6.81. The van der Waals surface area contributed by atoms with Gasteiger partial charge in [0, 0.05) is 12.0 Å². The number of ketones is 1. The number of rotatable bonds is 3. The van der Waals surface area contributed by atoms with E-state index in [9.17, 15) is 4.79 Å². The van der Waals surface area contributed by atoms with Crippen LogP contribution in [0.15, 0.2) is 0 Å². The maximum absolute atomic E-state index is 11.1. The van der Waals surface area contributed by atoms with E-state index in [1.807, 2.05) is 0 Å². The summed E-state index contributed by atoms with van der Waals surface area (Å²) in [7, 11) is 0. The largest absolute Gasteiger partial charge is 0.325 e. The van der Waals surface area contributed by atoms with Crippen molar-refractivity contribution < 1.29 is 4.79 Å². The number of Topliss-reactive ketones (excluding diaryl/α,β-unsaturated/α-hetero) is 1. The van der Waals surface area contributed by atoms with Crippen LogP contribution < -0.4 is 5.73 Å². The van der Waals surface area contributed by atoms with Crippen LogP contribution >= 0.6 is 0 Å². The zero-order valence-electron chi connectivity index (χ0n) is 6.81. The number of carbonyl (C=O) groups is 1. The first-order valence-corrected chi connectivity index (χ1v) is 3.86. The Bertz CT molecular complexity index is 217. The topological polar surface area (TPSA) is 43.1 Å². The van der Waals surface area contributed by atoms with E-state index in [1.54, 1.807) is 6.92 Å². The predicted molar refractivity (Wildman–Crippen MR) is 43.8 cm³/mol. The van der Waals surface area contributed by atoms with E-state index in [2.05, 4.69) is 11.8 Å². The molecule has 0 radical (unpaired) electrons.